The van der Waals surface area contributed by atoms with Gasteiger partial charge >= 0.3 is 5.97 Å². The third kappa shape index (κ3) is 3.23. The lowest BCUT2D eigenvalue weighted by Crippen LogP contribution is -2.10. The van der Waals surface area contributed by atoms with Crippen LogP contribution < -0.4 is 5.73 Å². The number of nitrogens with two attached hydrogens (primary N) is 1. The topological polar surface area (TPSA) is 76.1 Å². The van der Waals surface area contributed by atoms with E-state index < -0.39 is 5.97 Å². The van der Waals surface area contributed by atoms with Crippen molar-refractivity contribution in [1.29, 1.82) is 5.26 Å². The van der Waals surface area contributed by atoms with Crippen molar-refractivity contribution in [3.05, 3.63) is 9.28 Å². The molecule has 0 saturated carbocycles. The lowest BCUT2D eigenvalue weighted by atomic mass is 10.3. The summed E-state index contributed by atoms with van der Waals surface area (Å²) in [5.41, 5.74) is 5.09. The molecule has 0 aromatic heterocycles. The summed E-state index contributed by atoms with van der Waals surface area (Å²) in [6.45, 7) is 1.91. The largest absolute Gasteiger partial charge is 0.462 e. The Labute approximate surface area is 78.1 Å². The molecule has 0 aromatic carbocycles. The summed E-state index contributed by atoms with van der Waals surface area (Å²) in [6, 6.07) is 1.66. The summed E-state index contributed by atoms with van der Waals surface area (Å²) in [6.07, 6.45) is 0. The van der Waals surface area contributed by atoms with Gasteiger partial charge in [-0.3, -0.25) is 0 Å². The molecule has 0 unspecified atom stereocenters. The van der Waals surface area contributed by atoms with Gasteiger partial charge in [0.2, 0.25) is 0 Å². The molecule has 0 bridgehead atoms. The standard InChI is InChI=1S/C6H7IN2O2/c1-2-11-6(10)4(3-8)5(7)9/h2,9H2,1H3/b5-4-. The molecule has 0 aliphatic heterocycles. The number of carbonyl (C=O) groups excluding carboxylic acids is 1. The molecule has 5 heteroatoms. The predicted molar refractivity (Wildman–Crippen MR) is 47.5 cm³/mol. The highest BCUT2D eigenvalue weighted by Crippen LogP contribution is 2.06. The van der Waals surface area contributed by atoms with Crippen molar-refractivity contribution >= 4 is 28.6 Å². The minimum absolute atomic E-state index is 0.132. The molecule has 60 valence electrons. The van der Waals surface area contributed by atoms with E-state index in [0.29, 0.717) is 0 Å². The van der Waals surface area contributed by atoms with Gasteiger partial charge in [0.1, 0.15) is 6.07 Å². The maximum absolute atomic E-state index is 10.8. The molecular formula is C6H7IN2O2. The van der Waals surface area contributed by atoms with Crippen LogP contribution in [-0.4, -0.2) is 12.6 Å². The lowest BCUT2D eigenvalue weighted by molar-refractivity contribution is -0.138. The number of halogens is 1. The molecule has 0 rings (SSSR count). The Balaban J connectivity index is 4.45. The predicted octanol–water partition coefficient (Wildman–Crippen LogP) is 0.678. The molecule has 4 nitrogen and oxygen atoms in total. The van der Waals surface area contributed by atoms with Crippen LogP contribution in [0.15, 0.2) is 9.28 Å². The first-order chi connectivity index (χ1) is 5.13. The highest BCUT2D eigenvalue weighted by Gasteiger charge is 2.12. The second-order valence-electron chi connectivity index (χ2n) is 1.56. The number of hydrogen-bond acceptors (Lipinski definition) is 4. The van der Waals surface area contributed by atoms with Gasteiger partial charge in [-0.1, -0.05) is 0 Å². The SMILES string of the molecule is CCOC(=O)/C(C#N)=C(\N)I. The summed E-state index contributed by atoms with van der Waals surface area (Å²) in [5.74, 6) is -0.665. The number of carbonyl (C=O) groups is 1. The Morgan fingerprint density at radius 1 is 1.82 bits per heavy atom. The van der Waals surface area contributed by atoms with E-state index in [1.54, 1.807) is 35.6 Å². The minimum atomic E-state index is -0.665. The Morgan fingerprint density at radius 3 is 2.64 bits per heavy atom. The van der Waals surface area contributed by atoms with E-state index in [2.05, 4.69) is 4.74 Å². The monoisotopic (exact) mass is 266 g/mol. The molecular weight excluding hydrogens is 259 g/mol. The maximum atomic E-state index is 10.8. The van der Waals surface area contributed by atoms with Crippen LogP contribution in [0.5, 0.6) is 0 Å². The smallest absolute Gasteiger partial charge is 0.351 e. The van der Waals surface area contributed by atoms with Crippen molar-refractivity contribution in [1.82, 2.24) is 0 Å². The zero-order valence-electron chi connectivity index (χ0n) is 5.93. The lowest BCUT2D eigenvalue weighted by Gasteiger charge is -1.98. The molecule has 11 heavy (non-hydrogen) atoms. The van der Waals surface area contributed by atoms with Crippen LogP contribution in [-0.2, 0) is 9.53 Å². The average Bonchev–Trinajstić information content (AvgIpc) is 1.88. The molecule has 0 radical (unpaired) electrons. The van der Waals surface area contributed by atoms with Crippen molar-refractivity contribution < 1.29 is 9.53 Å². The zero-order chi connectivity index (χ0) is 8.85. The van der Waals surface area contributed by atoms with Gasteiger partial charge in [0.15, 0.2) is 5.57 Å². The van der Waals surface area contributed by atoms with Gasteiger partial charge in [-0.15, -0.1) is 0 Å². The maximum Gasteiger partial charge on any atom is 0.351 e. The van der Waals surface area contributed by atoms with E-state index in [4.69, 9.17) is 11.0 Å². The number of esters is 1. The molecule has 0 aliphatic carbocycles. The molecule has 0 aromatic rings. The first-order valence-electron chi connectivity index (χ1n) is 2.86. The van der Waals surface area contributed by atoms with Crippen LogP contribution in [0.25, 0.3) is 0 Å². The Morgan fingerprint density at radius 2 is 2.36 bits per heavy atom. The normalized spacial score (nSPS) is 11.4. The van der Waals surface area contributed by atoms with E-state index in [1.807, 2.05) is 0 Å². The van der Waals surface area contributed by atoms with E-state index in [0.717, 1.165) is 0 Å². The van der Waals surface area contributed by atoms with Crippen LogP contribution in [0.1, 0.15) is 6.92 Å². The molecule has 0 saturated heterocycles. The van der Waals surface area contributed by atoms with E-state index in [1.165, 1.54) is 0 Å². The molecule has 0 heterocycles. The van der Waals surface area contributed by atoms with Gasteiger partial charge in [0, 0.05) is 0 Å². The highest BCUT2D eigenvalue weighted by molar-refractivity contribution is 14.1. The number of nitrogens with zero attached hydrogens (tertiary/aromatic N) is 1. The van der Waals surface area contributed by atoms with Crippen molar-refractivity contribution in [2.75, 3.05) is 6.61 Å². The fourth-order valence-corrected chi connectivity index (χ4v) is 0.741. The third-order valence-corrected chi connectivity index (χ3v) is 1.37. The van der Waals surface area contributed by atoms with Gasteiger partial charge < -0.3 is 10.5 Å². The van der Waals surface area contributed by atoms with Crippen LogP contribution in [0.4, 0.5) is 0 Å². The van der Waals surface area contributed by atoms with Gasteiger partial charge in [0.25, 0.3) is 0 Å². The van der Waals surface area contributed by atoms with Crippen molar-refractivity contribution in [2.45, 2.75) is 6.92 Å². The molecule has 2 N–H and O–H groups in total. The molecule has 0 amide bonds. The van der Waals surface area contributed by atoms with Crippen LogP contribution in [0.3, 0.4) is 0 Å². The van der Waals surface area contributed by atoms with Gasteiger partial charge in [-0.2, -0.15) is 5.26 Å². The average molecular weight is 266 g/mol. The minimum Gasteiger partial charge on any atom is -0.462 e. The third-order valence-electron chi connectivity index (χ3n) is 0.830. The molecule has 0 atom stereocenters. The molecule has 0 spiro atoms. The summed E-state index contributed by atoms with van der Waals surface area (Å²) < 4.78 is 4.71. The Kier molecular flexibility index (Phi) is 4.61. The fraction of sp³-hybridized carbons (Fsp3) is 0.333. The second kappa shape index (κ2) is 4.96. The van der Waals surface area contributed by atoms with E-state index in [-0.39, 0.29) is 15.9 Å². The van der Waals surface area contributed by atoms with Crippen molar-refractivity contribution in [3.63, 3.8) is 0 Å². The summed E-state index contributed by atoms with van der Waals surface area (Å²) >= 11 is 1.69. The first-order valence-corrected chi connectivity index (χ1v) is 3.93. The second-order valence-corrected chi connectivity index (χ2v) is 2.72. The Hall–Kier alpha value is -0.770. The van der Waals surface area contributed by atoms with Crippen molar-refractivity contribution in [3.8, 4) is 6.07 Å². The summed E-state index contributed by atoms with van der Waals surface area (Å²) in [7, 11) is 0. The number of ether oxygens (including phenoxy) is 1. The van der Waals surface area contributed by atoms with Gasteiger partial charge in [-0.25, -0.2) is 4.79 Å². The first kappa shape index (κ1) is 10.2. The summed E-state index contributed by atoms with van der Waals surface area (Å²) in [5, 5.41) is 8.40. The highest BCUT2D eigenvalue weighted by atomic mass is 127. The van der Waals surface area contributed by atoms with Crippen molar-refractivity contribution in [2.24, 2.45) is 5.73 Å². The number of hydrogen-bond donors (Lipinski definition) is 1. The fourth-order valence-electron chi connectivity index (χ4n) is 0.400. The van der Waals surface area contributed by atoms with E-state index >= 15 is 0 Å². The van der Waals surface area contributed by atoms with Crippen LogP contribution >= 0.6 is 22.6 Å². The summed E-state index contributed by atoms with van der Waals surface area (Å²) in [4.78, 5) is 10.8. The molecule has 0 aliphatic rings. The van der Waals surface area contributed by atoms with Gasteiger partial charge in [0.05, 0.1) is 10.3 Å². The number of rotatable bonds is 2. The zero-order valence-corrected chi connectivity index (χ0v) is 8.08. The van der Waals surface area contributed by atoms with Crippen LogP contribution in [0.2, 0.25) is 0 Å². The van der Waals surface area contributed by atoms with E-state index in [9.17, 15) is 4.79 Å². The van der Waals surface area contributed by atoms with Crippen LogP contribution in [0, 0.1) is 11.3 Å². The Bertz CT molecular complexity index is 225. The van der Waals surface area contributed by atoms with Gasteiger partial charge in [-0.05, 0) is 29.5 Å². The molecule has 0 fully saturated rings. The quantitative estimate of drug-likeness (QED) is 0.262. The number of nitriles is 1.